The zero-order valence-electron chi connectivity index (χ0n) is 9.31. The van der Waals surface area contributed by atoms with Gasteiger partial charge in [-0.05, 0) is 19.9 Å². The summed E-state index contributed by atoms with van der Waals surface area (Å²) < 4.78 is 1.94. The lowest BCUT2D eigenvalue weighted by Gasteiger charge is -2.22. The third-order valence-corrected chi connectivity index (χ3v) is 4.07. The van der Waals surface area contributed by atoms with Gasteiger partial charge in [-0.2, -0.15) is 9.61 Å². The monoisotopic (exact) mass is 237 g/mol. The second-order valence-electron chi connectivity index (χ2n) is 4.23. The Labute approximate surface area is 97.9 Å². The Morgan fingerprint density at radius 2 is 2.31 bits per heavy atom. The summed E-state index contributed by atoms with van der Waals surface area (Å²) in [5.74, 6) is 1.66. The SMILES string of the molecule is CNCCc1nn2c(C3CCC3)nnc2s1. The van der Waals surface area contributed by atoms with Gasteiger partial charge in [-0.25, -0.2) is 0 Å². The van der Waals surface area contributed by atoms with Crippen molar-refractivity contribution in [2.24, 2.45) is 0 Å². The van der Waals surface area contributed by atoms with Gasteiger partial charge in [-0.1, -0.05) is 17.8 Å². The quantitative estimate of drug-likeness (QED) is 0.868. The van der Waals surface area contributed by atoms with Crippen molar-refractivity contribution >= 4 is 16.3 Å². The standard InChI is InChI=1S/C10H15N5S/c1-11-6-5-8-14-15-9(7-3-2-4-7)12-13-10(15)16-8/h7,11H,2-6H2,1H3. The van der Waals surface area contributed by atoms with Crippen LogP contribution in [0.3, 0.4) is 0 Å². The number of rotatable bonds is 4. The largest absolute Gasteiger partial charge is 0.319 e. The Morgan fingerprint density at radius 3 is 3.00 bits per heavy atom. The molecule has 0 saturated heterocycles. The van der Waals surface area contributed by atoms with Gasteiger partial charge in [0.1, 0.15) is 5.01 Å². The zero-order chi connectivity index (χ0) is 11.0. The van der Waals surface area contributed by atoms with Crippen molar-refractivity contribution in [3.8, 4) is 0 Å². The van der Waals surface area contributed by atoms with Crippen molar-refractivity contribution < 1.29 is 0 Å². The average molecular weight is 237 g/mol. The summed E-state index contributed by atoms with van der Waals surface area (Å²) in [6.45, 7) is 0.961. The number of hydrogen-bond donors (Lipinski definition) is 1. The van der Waals surface area contributed by atoms with Crippen molar-refractivity contribution in [3.63, 3.8) is 0 Å². The molecule has 3 rings (SSSR count). The van der Waals surface area contributed by atoms with Gasteiger partial charge in [0.05, 0.1) is 0 Å². The number of likely N-dealkylation sites (N-methyl/N-ethyl adjacent to an activating group) is 1. The van der Waals surface area contributed by atoms with Gasteiger partial charge in [0, 0.05) is 18.9 Å². The molecule has 0 radical (unpaired) electrons. The Kier molecular flexibility index (Phi) is 2.61. The molecule has 1 aliphatic carbocycles. The Morgan fingerprint density at radius 1 is 1.44 bits per heavy atom. The van der Waals surface area contributed by atoms with E-state index in [0.29, 0.717) is 5.92 Å². The molecule has 0 bridgehead atoms. The molecule has 0 amide bonds. The highest BCUT2D eigenvalue weighted by Gasteiger charge is 2.26. The van der Waals surface area contributed by atoms with Gasteiger partial charge in [0.2, 0.25) is 4.96 Å². The average Bonchev–Trinajstić information content (AvgIpc) is 2.74. The minimum absolute atomic E-state index is 0.592. The van der Waals surface area contributed by atoms with Crippen molar-refractivity contribution in [3.05, 3.63) is 10.8 Å². The molecule has 1 aliphatic rings. The molecule has 2 aromatic rings. The molecular formula is C10H15N5S. The Hall–Kier alpha value is -1.01. The highest BCUT2D eigenvalue weighted by molar-refractivity contribution is 7.16. The lowest BCUT2D eigenvalue weighted by Crippen LogP contribution is -2.13. The molecule has 0 aliphatic heterocycles. The molecule has 0 aromatic carbocycles. The van der Waals surface area contributed by atoms with Crippen molar-refractivity contribution in [1.82, 2.24) is 25.1 Å². The van der Waals surface area contributed by atoms with Crippen molar-refractivity contribution in [2.75, 3.05) is 13.6 Å². The van der Waals surface area contributed by atoms with Gasteiger partial charge in [0.25, 0.3) is 0 Å². The van der Waals surface area contributed by atoms with Gasteiger partial charge in [-0.3, -0.25) is 0 Å². The maximum atomic E-state index is 4.58. The smallest absolute Gasteiger partial charge is 0.234 e. The zero-order valence-corrected chi connectivity index (χ0v) is 10.1. The first-order valence-electron chi connectivity index (χ1n) is 5.74. The number of aromatic nitrogens is 4. The first-order chi connectivity index (χ1) is 7.88. The maximum Gasteiger partial charge on any atom is 0.234 e. The highest BCUT2D eigenvalue weighted by atomic mass is 32.1. The van der Waals surface area contributed by atoms with Crippen LogP contribution in [0.2, 0.25) is 0 Å². The third-order valence-electron chi connectivity index (χ3n) is 3.12. The Bertz CT molecular complexity index is 484. The first kappa shape index (κ1) is 10.2. The molecule has 0 atom stereocenters. The summed E-state index contributed by atoms with van der Waals surface area (Å²) >= 11 is 1.65. The summed E-state index contributed by atoms with van der Waals surface area (Å²) in [5.41, 5.74) is 0. The van der Waals surface area contributed by atoms with E-state index < -0.39 is 0 Å². The van der Waals surface area contributed by atoms with E-state index in [1.54, 1.807) is 11.3 Å². The molecule has 2 aromatic heterocycles. The predicted molar refractivity (Wildman–Crippen MR) is 62.9 cm³/mol. The molecular weight excluding hydrogens is 222 g/mol. The van der Waals surface area contributed by atoms with E-state index in [9.17, 15) is 0 Å². The molecule has 1 fully saturated rings. The third kappa shape index (κ3) is 1.62. The number of hydrogen-bond acceptors (Lipinski definition) is 5. The second-order valence-corrected chi connectivity index (χ2v) is 5.27. The van der Waals surface area contributed by atoms with Crippen LogP contribution in [0.4, 0.5) is 0 Å². The summed E-state index contributed by atoms with van der Waals surface area (Å²) in [7, 11) is 1.96. The topological polar surface area (TPSA) is 55.1 Å². The minimum atomic E-state index is 0.592. The van der Waals surface area contributed by atoms with Crippen LogP contribution in [0.25, 0.3) is 4.96 Å². The molecule has 6 heteroatoms. The van der Waals surface area contributed by atoms with Crippen LogP contribution in [0.15, 0.2) is 0 Å². The van der Waals surface area contributed by atoms with Crippen LogP contribution in [0.1, 0.15) is 36.0 Å². The van der Waals surface area contributed by atoms with Crippen LogP contribution in [0.5, 0.6) is 0 Å². The van der Waals surface area contributed by atoms with E-state index >= 15 is 0 Å². The lowest BCUT2D eigenvalue weighted by molar-refractivity contribution is 0.395. The van der Waals surface area contributed by atoms with Gasteiger partial charge in [0.15, 0.2) is 5.82 Å². The van der Waals surface area contributed by atoms with Crippen molar-refractivity contribution in [2.45, 2.75) is 31.6 Å². The number of fused-ring (bicyclic) bond motifs is 1. The van der Waals surface area contributed by atoms with Crippen LogP contribution >= 0.6 is 11.3 Å². The summed E-state index contributed by atoms with van der Waals surface area (Å²) in [5, 5.41) is 17.3. The Balaban J connectivity index is 1.89. The van der Waals surface area contributed by atoms with Gasteiger partial charge < -0.3 is 5.32 Å². The van der Waals surface area contributed by atoms with Crippen molar-refractivity contribution in [1.29, 1.82) is 0 Å². The fraction of sp³-hybridized carbons (Fsp3) is 0.700. The van der Waals surface area contributed by atoms with Crippen LogP contribution in [-0.4, -0.2) is 33.4 Å². The van der Waals surface area contributed by atoms with Gasteiger partial charge in [-0.15, -0.1) is 10.2 Å². The van der Waals surface area contributed by atoms with Crippen LogP contribution in [-0.2, 0) is 6.42 Å². The number of nitrogens with one attached hydrogen (secondary N) is 1. The van der Waals surface area contributed by atoms with E-state index in [0.717, 1.165) is 28.8 Å². The fourth-order valence-corrected chi connectivity index (χ4v) is 2.77. The summed E-state index contributed by atoms with van der Waals surface area (Å²) in [6.07, 6.45) is 4.76. The molecule has 2 heterocycles. The van der Waals surface area contributed by atoms with E-state index in [4.69, 9.17) is 0 Å². The molecule has 1 N–H and O–H groups in total. The minimum Gasteiger partial charge on any atom is -0.319 e. The molecule has 1 saturated carbocycles. The molecule has 86 valence electrons. The molecule has 5 nitrogen and oxygen atoms in total. The fourth-order valence-electron chi connectivity index (χ4n) is 1.93. The lowest BCUT2D eigenvalue weighted by atomic mass is 9.85. The highest BCUT2D eigenvalue weighted by Crippen LogP contribution is 2.35. The first-order valence-corrected chi connectivity index (χ1v) is 6.56. The number of nitrogens with zero attached hydrogens (tertiary/aromatic N) is 4. The maximum absolute atomic E-state index is 4.58. The molecule has 16 heavy (non-hydrogen) atoms. The summed E-state index contributed by atoms with van der Waals surface area (Å²) in [4.78, 5) is 0.938. The molecule has 0 unspecified atom stereocenters. The predicted octanol–water partition coefficient (Wildman–Crippen LogP) is 1.22. The van der Waals surface area contributed by atoms with E-state index in [1.165, 1.54) is 19.3 Å². The van der Waals surface area contributed by atoms with Gasteiger partial charge >= 0.3 is 0 Å². The van der Waals surface area contributed by atoms with E-state index in [2.05, 4.69) is 20.6 Å². The van der Waals surface area contributed by atoms with Crippen LogP contribution in [0, 0.1) is 0 Å². The normalized spacial score (nSPS) is 16.8. The summed E-state index contributed by atoms with van der Waals surface area (Å²) in [6, 6.07) is 0. The second kappa shape index (κ2) is 4.10. The van der Waals surface area contributed by atoms with Crippen LogP contribution < -0.4 is 5.32 Å². The molecule has 0 spiro atoms. The van der Waals surface area contributed by atoms with E-state index in [1.807, 2.05) is 11.6 Å². The van der Waals surface area contributed by atoms with E-state index in [-0.39, 0.29) is 0 Å².